The largest absolute Gasteiger partial charge is 0.462 e. The molecule has 0 N–H and O–H groups in total. The van der Waals surface area contributed by atoms with Crippen LogP contribution in [-0.4, -0.2) is 48.8 Å². The van der Waals surface area contributed by atoms with E-state index in [0.717, 1.165) is 27.7 Å². The first-order valence-electron chi connectivity index (χ1n) is 7.83. The molecule has 0 spiro atoms. The summed E-state index contributed by atoms with van der Waals surface area (Å²) in [6, 6.07) is 0. The Morgan fingerprint density at radius 3 is 1.95 bits per heavy atom. The molecule has 0 unspecified atom stereocenters. The predicted octanol–water partition coefficient (Wildman–Crippen LogP) is 0.366. The van der Waals surface area contributed by atoms with E-state index in [-0.39, 0.29) is 0 Å². The van der Waals surface area contributed by atoms with Gasteiger partial charge in [0.1, 0.15) is 13.2 Å². The Bertz CT molecular complexity index is 547. The highest BCUT2D eigenvalue weighted by Gasteiger charge is 2.42. The van der Waals surface area contributed by atoms with E-state index in [1.807, 2.05) is 0 Å². The predicted molar refractivity (Wildman–Crippen MR) is 69.0 cm³/mol. The third-order valence-corrected chi connectivity index (χ3v) is 1.92. The number of carbonyl (C=O) groups is 4. The first kappa shape index (κ1) is 12.6. The minimum absolute atomic E-state index is 0.855. The Morgan fingerprint density at radius 2 is 1.57 bits per heavy atom. The number of esters is 4. The maximum absolute atomic E-state index is 11.5. The molecule has 0 aliphatic heterocycles. The average Bonchev–Trinajstić information content (AvgIpc) is 2.38. The molecule has 0 saturated carbocycles. The van der Waals surface area contributed by atoms with Crippen molar-refractivity contribution in [3.8, 4) is 0 Å². The molecule has 0 radical (unpaired) electrons. The minimum atomic E-state index is -3.29. The van der Waals surface area contributed by atoms with Gasteiger partial charge in [0.15, 0.2) is 11.7 Å². The highest BCUT2D eigenvalue weighted by molar-refractivity contribution is 5.69. The highest BCUT2D eigenvalue weighted by atomic mass is 16.6. The molecule has 0 aromatic rings. The fourth-order valence-corrected chi connectivity index (χ4v) is 1.18. The lowest BCUT2D eigenvalue weighted by atomic mass is 10.00. The van der Waals surface area contributed by atoms with Gasteiger partial charge in [0.05, 0.1) is 1.37 Å². The van der Waals surface area contributed by atoms with Crippen LogP contribution < -0.4 is 0 Å². The summed E-state index contributed by atoms with van der Waals surface area (Å²) in [6.45, 7) is -1.82. The molecular formula is C13H20O8. The van der Waals surface area contributed by atoms with Crippen molar-refractivity contribution in [3.05, 3.63) is 0 Å². The van der Waals surface area contributed by atoms with E-state index in [4.69, 9.17) is 15.0 Å². The maximum atomic E-state index is 11.5. The lowest BCUT2D eigenvalue weighted by Gasteiger charge is -2.34. The third kappa shape index (κ3) is 7.91. The number of hydrogen-bond donors (Lipinski definition) is 0. The quantitative estimate of drug-likeness (QED) is 0.490. The van der Waals surface area contributed by atoms with Crippen LogP contribution in [0.25, 0.3) is 0 Å². The zero-order valence-corrected chi connectivity index (χ0v) is 12.2. The van der Waals surface area contributed by atoms with Crippen LogP contribution in [0.4, 0.5) is 0 Å². The SMILES string of the molecule is [2H]C([2H])([2H])[C@@](COC(C)=O)(OC(C)=O)[C@@]([2H])(COC(C)=O)OC(C)=O. The lowest BCUT2D eigenvalue weighted by molar-refractivity contribution is -0.199. The Balaban J connectivity index is 6.34. The van der Waals surface area contributed by atoms with Crippen LogP contribution in [0.1, 0.15) is 40.0 Å². The highest BCUT2D eigenvalue weighted by Crippen LogP contribution is 2.21. The van der Waals surface area contributed by atoms with Crippen LogP contribution in [0.2, 0.25) is 0 Å². The molecule has 120 valence electrons. The first-order valence-corrected chi connectivity index (χ1v) is 5.83. The van der Waals surface area contributed by atoms with Crippen LogP contribution in [0.15, 0.2) is 0 Å². The molecule has 21 heavy (non-hydrogen) atoms. The lowest BCUT2D eigenvalue weighted by Crippen LogP contribution is -2.52. The molecule has 0 aliphatic carbocycles. The molecule has 0 aliphatic rings. The van der Waals surface area contributed by atoms with E-state index >= 15 is 0 Å². The van der Waals surface area contributed by atoms with E-state index < -0.39 is 55.6 Å². The topological polar surface area (TPSA) is 105 Å². The zero-order chi connectivity index (χ0) is 20.1. The number of ether oxygens (including phenoxy) is 4. The molecule has 0 fully saturated rings. The van der Waals surface area contributed by atoms with Crippen molar-refractivity contribution in [2.45, 2.75) is 46.2 Å². The van der Waals surface area contributed by atoms with Gasteiger partial charge in [-0.1, -0.05) is 0 Å². The van der Waals surface area contributed by atoms with Crippen molar-refractivity contribution in [2.24, 2.45) is 0 Å². The van der Waals surface area contributed by atoms with E-state index in [2.05, 4.69) is 9.47 Å². The molecular weight excluding hydrogens is 284 g/mol. The Labute approximate surface area is 128 Å². The van der Waals surface area contributed by atoms with Crippen molar-refractivity contribution in [1.82, 2.24) is 0 Å². The smallest absolute Gasteiger partial charge is 0.303 e. The summed E-state index contributed by atoms with van der Waals surface area (Å²) in [6.07, 6.45) is -2.91. The van der Waals surface area contributed by atoms with E-state index in [1.54, 1.807) is 0 Å². The molecule has 0 aromatic carbocycles. The standard InChI is InChI=1S/C13H20O8/c1-8(14)18-6-12(20-10(3)16)13(5,21-11(4)17)7-19-9(2)15/h12H,6-7H2,1-5H3/t12-,13+/m1/s1/i5D3,12D. The first-order chi connectivity index (χ1) is 11.2. The maximum Gasteiger partial charge on any atom is 0.303 e. The summed E-state index contributed by atoms with van der Waals surface area (Å²) >= 11 is 0. The van der Waals surface area contributed by atoms with Gasteiger partial charge in [0, 0.05) is 31.8 Å². The summed E-state index contributed by atoms with van der Waals surface area (Å²) in [5, 5.41) is 0. The summed E-state index contributed by atoms with van der Waals surface area (Å²) in [4.78, 5) is 45.0. The van der Waals surface area contributed by atoms with Crippen LogP contribution in [0.3, 0.4) is 0 Å². The third-order valence-electron chi connectivity index (χ3n) is 1.92. The molecule has 2 atom stereocenters. The second kappa shape index (κ2) is 8.23. The van der Waals surface area contributed by atoms with Gasteiger partial charge in [-0.05, 0) is 6.85 Å². The van der Waals surface area contributed by atoms with Crippen LogP contribution in [0.5, 0.6) is 0 Å². The average molecular weight is 308 g/mol. The molecule has 0 heterocycles. The van der Waals surface area contributed by atoms with Gasteiger partial charge in [0.25, 0.3) is 0 Å². The molecule has 8 heteroatoms. The molecule has 8 nitrogen and oxygen atoms in total. The van der Waals surface area contributed by atoms with Gasteiger partial charge >= 0.3 is 23.9 Å². The van der Waals surface area contributed by atoms with Gasteiger partial charge in [-0.25, -0.2) is 0 Å². The van der Waals surface area contributed by atoms with Crippen LogP contribution >= 0.6 is 0 Å². The summed E-state index contributed by atoms with van der Waals surface area (Å²) < 4.78 is 50.1. The number of carbonyl (C=O) groups excluding carboxylic acids is 4. The van der Waals surface area contributed by atoms with Crippen molar-refractivity contribution in [3.63, 3.8) is 0 Å². The van der Waals surface area contributed by atoms with Crippen LogP contribution in [0, 0.1) is 0 Å². The van der Waals surface area contributed by atoms with E-state index in [1.165, 1.54) is 0 Å². The Kier molecular flexibility index (Phi) is 4.94. The minimum Gasteiger partial charge on any atom is -0.462 e. The Morgan fingerprint density at radius 1 is 1.00 bits per heavy atom. The normalized spacial score (nSPS) is 19.2. The monoisotopic (exact) mass is 308 g/mol. The second-order valence-electron chi connectivity index (χ2n) is 4.00. The summed E-state index contributed by atoms with van der Waals surface area (Å²) in [7, 11) is 0. The van der Waals surface area contributed by atoms with Crippen LogP contribution in [-0.2, 0) is 38.1 Å². The summed E-state index contributed by atoms with van der Waals surface area (Å²) in [5.74, 6) is -4.09. The molecule has 0 aromatic heterocycles. The van der Waals surface area contributed by atoms with Gasteiger partial charge in [-0.15, -0.1) is 0 Å². The van der Waals surface area contributed by atoms with Crippen molar-refractivity contribution >= 4 is 23.9 Å². The number of rotatable bonds is 7. The fraction of sp³-hybridized carbons (Fsp3) is 0.692. The van der Waals surface area contributed by atoms with Gasteiger partial charge < -0.3 is 18.9 Å². The molecule has 0 saturated heterocycles. The fourth-order valence-electron chi connectivity index (χ4n) is 1.18. The summed E-state index contributed by atoms with van der Waals surface area (Å²) in [5.41, 5.74) is -2.93. The van der Waals surface area contributed by atoms with E-state index in [0.29, 0.717) is 0 Å². The van der Waals surface area contributed by atoms with E-state index in [9.17, 15) is 19.2 Å². The molecule has 0 rings (SSSR count). The van der Waals surface area contributed by atoms with Crippen molar-refractivity contribution < 1.29 is 43.6 Å². The van der Waals surface area contributed by atoms with Gasteiger partial charge in [0.2, 0.25) is 0 Å². The second-order valence-corrected chi connectivity index (χ2v) is 4.00. The Hall–Kier alpha value is -2.12. The number of hydrogen-bond acceptors (Lipinski definition) is 8. The van der Waals surface area contributed by atoms with Crippen molar-refractivity contribution in [2.75, 3.05) is 13.2 Å². The zero-order valence-electron chi connectivity index (χ0n) is 16.2. The van der Waals surface area contributed by atoms with Crippen molar-refractivity contribution in [1.29, 1.82) is 0 Å². The van der Waals surface area contributed by atoms with Gasteiger partial charge in [-0.2, -0.15) is 0 Å². The molecule has 0 amide bonds. The molecule has 0 bridgehead atoms. The van der Waals surface area contributed by atoms with Gasteiger partial charge in [-0.3, -0.25) is 19.2 Å².